The molecular formula is C15H23ClN2O. The average Bonchev–Trinajstić information content (AvgIpc) is 2.37. The van der Waals surface area contributed by atoms with Crippen LogP contribution in [0.15, 0.2) is 24.3 Å². The van der Waals surface area contributed by atoms with Gasteiger partial charge in [0.15, 0.2) is 0 Å². The van der Waals surface area contributed by atoms with Crippen LogP contribution in [0.5, 0.6) is 0 Å². The van der Waals surface area contributed by atoms with Crippen molar-refractivity contribution >= 4 is 17.5 Å². The van der Waals surface area contributed by atoms with E-state index >= 15 is 0 Å². The minimum atomic E-state index is -0.0185. The van der Waals surface area contributed by atoms with Crippen molar-refractivity contribution in [3.8, 4) is 0 Å². The van der Waals surface area contributed by atoms with Crippen molar-refractivity contribution < 1.29 is 4.79 Å². The largest absolute Gasteiger partial charge is 0.339 e. The van der Waals surface area contributed by atoms with E-state index in [2.05, 4.69) is 5.32 Å². The van der Waals surface area contributed by atoms with E-state index in [4.69, 9.17) is 11.6 Å². The lowest BCUT2D eigenvalue weighted by molar-refractivity contribution is -0.132. The van der Waals surface area contributed by atoms with E-state index in [1.807, 2.05) is 52.1 Å². The Morgan fingerprint density at radius 1 is 1.37 bits per heavy atom. The Bertz CT molecular complexity index is 422. The number of rotatable bonds is 6. The van der Waals surface area contributed by atoms with Crippen LogP contribution in [-0.2, 0) is 4.79 Å². The first-order valence-corrected chi connectivity index (χ1v) is 7.08. The summed E-state index contributed by atoms with van der Waals surface area (Å²) in [7, 11) is 1.83. The van der Waals surface area contributed by atoms with Gasteiger partial charge in [0.1, 0.15) is 0 Å². The molecule has 1 aromatic carbocycles. The zero-order valence-electron chi connectivity index (χ0n) is 12.1. The van der Waals surface area contributed by atoms with Crippen LogP contribution >= 0.6 is 11.6 Å². The van der Waals surface area contributed by atoms with Crippen LogP contribution in [-0.4, -0.2) is 30.4 Å². The fourth-order valence-corrected chi connectivity index (χ4v) is 2.36. The number of amides is 1. The molecule has 0 fully saturated rings. The predicted molar refractivity (Wildman–Crippen MR) is 80.4 cm³/mol. The molecule has 1 amide bonds. The summed E-state index contributed by atoms with van der Waals surface area (Å²) in [5.41, 5.74) is 0.983. The molecule has 2 atom stereocenters. The summed E-state index contributed by atoms with van der Waals surface area (Å²) in [6.45, 7) is 6.93. The Morgan fingerprint density at radius 2 is 2.00 bits per heavy atom. The van der Waals surface area contributed by atoms with Crippen LogP contribution in [0.2, 0.25) is 5.02 Å². The SMILES string of the molecule is CCNC(C)CC(=O)N(C)C(C)c1ccccc1Cl. The van der Waals surface area contributed by atoms with Gasteiger partial charge in [0.05, 0.1) is 6.04 Å². The zero-order valence-corrected chi connectivity index (χ0v) is 12.9. The van der Waals surface area contributed by atoms with Gasteiger partial charge in [-0.25, -0.2) is 0 Å². The lowest BCUT2D eigenvalue weighted by Crippen LogP contribution is -2.36. The van der Waals surface area contributed by atoms with Gasteiger partial charge in [0.2, 0.25) is 5.91 Å². The summed E-state index contributed by atoms with van der Waals surface area (Å²) in [5, 5.41) is 3.95. The van der Waals surface area contributed by atoms with Gasteiger partial charge in [-0.05, 0) is 32.0 Å². The van der Waals surface area contributed by atoms with Crippen LogP contribution in [0.4, 0.5) is 0 Å². The number of benzene rings is 1. The highest BCUT2D eigenvalue weighted by Gasteiger charge is 2.20. The molecule has 19 heavy (non-hydrogen) atoms. The van der Waals surface area contributed by atoms with Crippen LogP contribution in [0.25, 0.3) is 0 Å². The van der Waals surface area contributed by atoms with Crippen molar-refractivity contribution in [2.75, 3.05) is 13.6 Å². The highest BCUT2D eigenvalue weighted by molar-refractivity contribution is 6.31. The molecular weight excluding hydrogens is 260 g/mol. The number of hydrogen-bond donors (Lipinski definition) is 1. The first kappa shape index (κ1) is 16.0. The summed E-state index contributed by atoms with van der Waals surface area (Å²) in [5.74, 6) is 0.126. The van der Waals surface area contributed by atoms with Crippen LogP contribution in [0.3, 0.4) is 0 Å². The van der Waals surface area contributed by atoms with E-state index in [0.29, 0.717) is 11.4 Å². The van der Waals surface area contributed by atoms with Crippen LogP contribution in [0.1, 0.15) is 38.8 Å². The third-order valence-corrected chi connectivity index (χ3v) is 3.71. The maximum absolute atomic E-state index is 12.2. The summed E-state index contributed by atoms with van der Waals surface area (Å²) in [4.78, 5) is 14.0. The fourth-order valence-electron chi connectivity index (χ4n) is 2.07. The number of nitrogens with zero attached hydrogens (tertiary/aromatic N) is 1. The number of nitrogens with one attached hydrogen (secondary N) is 1. The van der Waals surface area contributed by atoms with Gasteiger partial charge < -0.3 is 10.2 Å². The number of hydrogen-bond acceptors (Lipinski definition) is 2. The van der Waals surface area contributed by atoms with Gasteiger partial charge in [0, 0.05) is 24.5 Å². The second-order valence-corrected chi connectivity index (χ2v) is 5.27. The molecule has 3 nitrogen and oxygen atoms in total. The summed E-state index contributed by atoms with van der Waals surface area (Å²) in [6.07, 6.45) is 0.499. The Balaban J connectivity index is 2.69. The lowest BCUT2D eigenvalue weighted by atomic mass is 10.1. The van der Waals surface area contributed by atoms with E-state index in [1.165, 1.54) is 0 Å². The topological polar surface area (TPSA) is 32.3 Å². The third kappa shape index (κ3) is 4.51. The summed E-state index contributed by atoms with van der Waals surface area (Å²) < 4.78 is 0. The Hall–Kier alpha value is -1.06. The van der Waals surface area contributed by atoms with Crippen molar-refractivity contribution in [3.63, 3.8) is 0 Å². The molecule has 0 aromatic heterocycles. The number of halogens is 1. The Labute approximate surface area is 120 Å². The summed E-state index contributed by atoms with van der Waals surface area (Å²) in [6, 6.07) is 7.83. The highest BCUT2D eigenvalue weighted by Crippen LogP contribution is 2.26. The molecule has 0 radical (unpaired) electrons. The summed E-state index contributed by atoms with van der Waals surface area (Å²) >= 11 is 6.17. The van der Waals surface area contributed by atoms with E-state index in [9.17, 15) is 4.79 Å². The quantitative estimate of drug-likeness (QED) is 0.869. The minimum Gasteiger partial charge on any atom is -0.339 e. The van der Waals surface area contributed by atoms with Crippen molar-refractivity contribution in [3.05, 3.63) is 34.9 Å². The standard InChI is InChI=1S/C15H23ClN2O/c1-5-17-11(2)10-15(19)18(4)12(3)13-8-6-7-9-14(13)16/h6-9,11-12,17H,5,10H2,1-4H3. The van der Waals surface area contributed by atoms with E-state index < -0.39 is 0 Å². The second kappa shape index (κ2) is 7.51. The molecule has 0 aliphatic rings. The molecule has 0 bridgehead atoms. The fraction of sp³-hybridized carbons (Fsp3) is 0.533. The molecule has 0 heterocycles. The lowest BCUT2D eigenvalue weighted by Gasteiger charge is -2.27. The maximum atomic E-state index is 12.2. The second-order valence-electron chi connectivity index (χ2n) is 4.86. The Morgan fingerprint density at radius 3 is 2.58 bits per heavy atom. The molecule has 0 aliphatic heterocycles. The monoisotopic (exact) mass is 282 g/mol. The molecule has 0 spiro atoms. The molecule has 4 heteroatoms. The molecule has 1 aromatic rings. The first-order valence-electron chi connectivity index (χ1n) is 6.70. The molecule has 0 saturated carbocycles. The van der Waals surface area contributed by atoms with E-state index in [1.54, 1.807) is 4.90 Å². The molecule has 0 saturated heterocycles. The van der Waals surface area contributed by atoms with E-state index in [0.717, 1.165) is 12.1 Å². The zero-order chi connectivity index (χ0) is 14.4. The normalized spacial score (nSPS) is 13.9. The predicted octanol–water partition coefficient (Wildman–Crippen LogP) is 3.25. The van der Waals surface area contributed by atoms with Gasteiger partial charge in [-0.3, -0.25) is 4.79 Å². The van der Waals surface area contributed by atoms with Crippen molar-refractivity contribution in [1.82, 2.24) is 10.2 Å². The molecule has 2 unspecified atom stereocenters. The molecule has 1 N–H and O–H groups in total. The van der Waals surface area contributed by atoms with Crippen molar-refractivity contribution in [1.29, 1.82) is 0 Å². The van der Waals surface area contributed by atoms with Crippen molar-refractivity contribution in [2.45, 2.75) is 39.3 Å². The number of carbonyl (C=O) groups excluding carboxylic acids is 1. The first-order chi connectivity index (χ1) is 8.97. The van der Waals surface area contributed by atoms with Gasteiger partial charge >= 0.3 is 0 Å². The van der Waals surface area contributed by atoms with Crippen LogP contribution < -0.4 is 5.32 Å². The van der Waals surface area contributed by atoms with Gasteiger partial charge in [0.25, 0.3) is 0 Å². The molecule has 0 aliphatic carbocycles. The van der Waals surface area contributed by atoms with Gasteiger partial charge in [-0.15, -0.1) is 0 Å². The highest BCUT2D eigenvalue weighted by atomic mass is 35.5. The molecule has 1 rings (SSSR count). The minimum absolute atomic E-state index is 0.0185. The van der Waals surface area contributed by atoms with Gasteiger partial charge in [-0.1, -0.05) is 36.7 Å². The van der Waals surface area contributed by atoms with E-state index in [-0.39, 0.29) is 18.0 Å². The van der Waals surface area contributed by atoms with Gasteiger partial charge in [-0.2, -0.15) is 0 Å². The maximum Gasteiger partial charge on any atom is 0.224 e. The smallest absolute Gasteiger partial charge is 0.224 e. The average molecular weight is 283 g/mol. The third-order valence-electron chi connectivity index (χ3n) is 3.36. The van der Waals surface area contributed by atoms with Crippen molar-refractivity contribution in [2.24, 2.45) is 0 Å². The molecule has 106 valence electrons. The Kier molecular flexibility index (Phi) is 6.32. The number of carbonyl (C=O) groups is 1. The van der Waals surface area contributed by atoms with Crippen LogP contribution in [0, 0.1) is 0 Å².